The van der Waals surface area contributed by atoms with Crippen LogP contribution < -0.4 is 9.80 Å². The number of hydrogen-bond donors (Lipinski definition) is 0. The average molecular weight is 294 g/mol. The molecular weight excluding hydrogens is 272 g/mol. The Morgan fingerprint density at radius 1 is 1.09 bits per heavy atom. The van der Waals surface area contributed by atoms with Crippen molar-refractivity contribution in [2.75, 3.05) is 29.4 Å². The minimum atomic E-state index is 0.179. The van der Waals surface area contributed by atoms with Gasteiger partial charge in [0.25, 0.3) is 0 Å². The number of carbonyl (C=O) groups is 1. The zero-order valence-corrected chi connectivity index (χ0v) is 13.0. The summed E-state index contributed by atoms with van der Waals surface area (Å²) in [5.74, 6) is 0.179. The topological polar surface area (TPSA) is 23.6 Å². The molecule has 0 fully saturated rings. The molecule has 2 aromatic carbocycles. The second-order valence-electron chi connectivity index (χ2n) is 5.63. The number of nitrogens with zero attached hydrogens (tertiary/aromatic N) is 2. The second-order valence-corrected chi connectivity index (χ2v) is 5.63. The summed E-state index contributed by atoms with van der Waals surface area (Å²) in [6.45, 7) is 4.16. The van der Waals surface area contributed by atoms with Crippen LogP contribution in [0.4, 0.5) is 11.4 Å². The molecule has 0 aliphatic carbocycles. The number of para-hydroxylation sites is 2. The lowest BCUT2D eigenvalue weighted by Gasteiger charge is -2.32. The van der Waals surface area contributed by atoms with E-state index in [9.17, 15) is 4.79 Å². The third-order valence-electron chi connectivity index (χ3n) is 4.24. The largest absolute Gasteiger partial charge is 0.362 e. The Bertz CT molecular complexity index is 639. The van der Waals surface area contributed by atoms with Gasteiger partial charge in [-0.3, -0.25) is 4.79 Å². The summed E-state index contributed by atoms with van der Waals surface area (Å²) in [5, 5.41) is 0. The molecule has 1 heterocycles. The van der Waals surface area contributed by atoms with Crippen LogP contribution in [0.5, 0.6) is 0 Å². The first kappa shape index (κ1) is 14.6. The highest BCUT2D eigenvalue weighted by Gasteiger charge is 2.23. The van der Waals surface area contributed by atoms with E-state index in [-0.39, 0.29) is 5.91 Å². The fourth-order valence-corrected chi connectivity index (χ4v) is 3.07. The number of rotatable bonds is 4. The molecule has 0 bridgehead atoms. The van der Waals surface area contributed by atoms with E-state index in [0.29, 0.717) is 6.54 Å². The smallest absolute Gasteiger partial charge is 0.246 e. The molecule has 114 valence electrons. The van der Waals surface area contributed by atoms with Gasteiger partial charge in [0.2, 0.25) is 5.91 Å². The van der Waals surface area contributed by atoms with Gasteiger partial charge in [-0.15, -0.1) is 0 Å². The van der Waals surface area contributed by atoms with Gasteiger partial charge in [-0.25, -0.2) is 0 Å². The van der Waals surface area contributed by atoms with Gasteiger partial charge in [-0.1, -0.05) is 36.4 Å². The third kappa shape index (κ3) is 2.98. The van der Waals surface area contributed by atoms with Crippen LogP contribution >= 0.6 is 0 Å². The number of likely N-dealkylation sites (N-methyl/N-ethyl adjacent to an activating group) is 1. The Hall–Kier alpha value is -2.29. The number of aryl methyl sites for hydroxylation is 1. The van der Waals surface area contributed by atoms with Crippen molar-refractivity contribution in [2.45, 2.75) is 19.8 Å². The SMILES string of the molecule is CCN(CC(=O)N1CCCc2ccccc21)c1ccccc1. The first-order chi connectivity index (χ1) is 10.8. The van der Waals surface area contributed by atoms with Crippen molar-refractivity contribution < 1.29 is 4.79 Å². The van der Waals surface area contributed by atoms with Gasteiger partial charge >= 0.3 is 0 Å². The highest BCUT2D eigenvalue weighted by Crippen LogP contribution is 2.27. The van der Waals surface area contributed by atoms with Gasteiger partial charge in [0, 0.05) is 24.5 Å². The fraction of sp³-hybridized carbons (Fsp3) is 0.316. The Balaban J connectivity index is 1.77. The summed E-state index contributed by atoms with van der Waals surface area (Å²) in [6.07, 6.45) is 2.11. The van der Waals surface area contributed by atoms with Crippen LogP contribution in [0.2, 0.25) is 0 Å². The van der Waals surface area contributed by atoms with Crippen molar-refractivity contribution >= 4 is 17.3 Å². The van der Waals surface area contributed by atoms with Crippen LogP contribution in [0.3, 0.4) is 0 Å². The van der Waals surface area contributed by atoms with Crippen LogP contribution in [0.1, 0.15) is 18.9 Å². The monoisotopic (exact) mass is 294 g/mol. The van der Waals surface area contributed by atoms with E-state index in [1.165, 1.54) is 5.56 Å². The predicted octanol–water partition coefficient (Wildman–Crippen LogP) is 3.49. The lowest BCUT2D eigenvalue weighted by atomic mass is 10.0. The number of anilines is 2. The zero-order valence-electron chi connectivity index (χ0n) is 13.0. The summed E-state index contributed by atoms with van der Waals surface area (Å²) in [7, 11) is 0. The molecule has 0 N–H and O–H groups in total. The summed E-state index contributed by atoms with van der Waals surface area (Å²) < 4.78 is 0. The van der Waals surface area contributed by atoms with Gasteiger partial charge in [-0.05, 0) is 43.5 Å². The van der Waals surface area contributed by atoms with Gasteiger partial charge in [-0.2, -0.15) is 0 Å². The average Bonchev–Trinajstić information content (AvgIpc) is 2.59. The van der Waals surface area contributed by atoms with Crippen molar-refractivity contribution in [1.29, 1.82) is 0 Å². The number of hydrogen-bond acceptors (Lipinski definition) is 2. The van der Waals surface area contributed by atoms with Gasteiger partial charge in [0.1, 0.15) is 0 Å². The second kappa shape index (κ2) is 6.65. The van der Waals surface area contributed by atoms with Gasteiger partial charge < -0.3 is 9.80 Å². The van der Waals surface area contributed by atoms with Crippen molar-refractivity contribution in [3.8, 4) is 0 Å². The molecule has 3 nitrogen and oxygen atoms in total. The Kier molecular flexibility index (Phi) is 4.42. The summed E-state index contributed by atoms with van der Waals surface area (Å²) in [6, 6.07) is 18.4. The highest BCUT2D eigenvalue weighted by atomic mass is 16.2. The number of amides is 1. The fourth-order valence-electron chi connectivity index (χ4n) is 3.07. The normalized spacial score (nSPS) is 13.6. The summed E-state index contributed by atoms with van der Waals surface area (Å²) in [4.78, 5) is 16.9. The predicted molar refractivity (Wildman–Crippen MR) is 91.4 cm³/mol. The summed E-state index contributed by atoms with van der Waals surface area (Å²) >= 11 is 0. The third-order valence-corrected chi connectivity index (χ3v) is 4.24. The lowest BCUT2D eigenvalue weighted by molar-refractivity contribution is -0.117. The zero-order chi connectivity index (χ0) is 15.4. The molecule has 0 atom stereocenters. The summed E-state index contributed by atoms with van der Waals surface area (Å²) in [5.41, 5.74) is 3.47. The highest BCUT2D eigenvalue weighted by molar-refractivity contribution is 5.97. The Morgan fingerprint density at radius 3 is 2.59 bits per heavy atom. The van der Waals surface area contributed by atoms with Crippen LogP contribution in [0, 0.1) is 0 Å². The molecule has 0 radical (unpaired) electrons. The van der Waals surface area contributed by atoms with E-state index in [0.717, 1.165) is 37.3 Å². The van der Waals surface area contributed by atoms with Gasteiger partial charge in [0.05, 0.1) is 6.54 Å². The van der Waals surface area contributed by atoms with Gasteiger partial charge in [0.15, 0.2) is 0 Å². The molecule has 2 aromatic rings. The number of benzene rings is 2. The van der Waals surface area contributed by atoms with E-state index in [4.69, 9.17) is 0 Å². The molecule has 1 aliphatic heterocycles. The molecule has 1 amide bonds. The van der Waals surface area contributed by atoms with E-state index < -0.39 is 0 Å². The van der Waals surface area contributed by atoms with Crippen LogP contribution in [0.25, 0.3) is 0 Å². The maximum atomic E-state index is 12.8. The molecule has 3 rings (SSSR count). The molecule has 1 aliphatic rings. The van der Waals surface area contributed by atoms with E-state index in [1.54, 1.807) is 0 Å². The minimum Gasteiger partial charge on any atom is -0.362 e. The van der Waals surface area contributed by atoms with Crippen LogP contribution in [0.15, 0.2) is 54.6 Å². The van der Waals surface area contributed by atoms with Crippen molar-refractivity contribution in [1.82, 2.24) is 0 Å². The Labute approximate surface area is 132 Å². The number of fused-ring (bicyclic) bond motifs is 1. The van der Waals surface area contributed by atoms with E-state index in [1.807, 2.05) is 29.2 Å². The molecule has 0 unspecified atom stereocenters. The maximum Gasteiger partial charge on any atom is 0.246 e. The van der Waals surface area contributed by atoms with E-state index in [2.05, 4.69) is 42.2 Å². The van der Waals surface area contributed by atoms with Crippen molar-refractivity contribution in [3.05, 3.63) is 60.2 Å². The number of carbonyl (C=O) groups excluding carboxylic acids is 1. The molecule has 22 heavy (non-hydrogen) atoms. The van der Waals surface area contributed by atoms with Crippen LogP contribution in [-0.2, 0) is 11.2 Å². The Morgan fingerprint density at radius 2 is 1.82 bits per heavy atom. The molecule has 0 saturated heterocycles. The molecule has 0 spiro atoms. The maximum absolute atomic E-state index is 12.8. The quantitative estimate of drug-likeness (QED) is 0.861. The van der Waals surface area contributed by atoms with E-state index >= 15 is 0 Å². The molecule has 0 aromatic heterocycles. The first-order valence-corrected chi connectivity index (χ1v) is 7.98. The minimum absolute atomic E-state index is 0.179. The first-order valence-electron chi connectivity index (χ1n) is 7.98. The van der Waals surface area contributed by atoms with Crippen molar-refractivity contribution in [3.63, 3.8) is 0 Å². The standard InChI is InChI=1S/C19H22N2O/c1-2-20(17-11-4-3-5-12-17)15-19(22)21-14-8-10-16-9-6-7-13-18(16)21/h3-7,9,11-13H,2,8,10,14-15H2,1H3. The molecule has 3 heteroatoms. The lowest BCUT2D eigenvalue weighted by Crippen LogP contribution is -2.42. The van der Waals surface area contributed by atoms with Crippen LogP contribution in [-0.4, -0.2) is 25.5 Å². The van der Waals surface area contributed by atoms with Crippen molar-refractivity contribution in [2.24, 2.45) is 0 Å². The molecular formula is C19H22N2O. The molecule has 0 saturated carbocycles.